The minimum Gasteiger partial charge on any atom is -0.465 e. The van der Waals surface area contributed by atoms with E-state index in [1.165, 1.54) is 35.1 Å². The zero-order valence-corrected chi connectivity index (χ0v) is 17.1. The lowest BCUT2D eigenvalue weighted by atomic mass is 10.1. The highest BCUT2D eigenvalue weighted by Crippen LogP contribution is 2.32. The second-order valence-corrected chi connectivity index (χ2v) is 8.50. The van der Waals surface area contributed by atoms with Crippen molar-refractivity contribution in [1.82, 2.24) is 0 Å². The molecule has 0 aliphatic rings. The molecular formula is C17H19NO5S3. The van der Waals surface area contributed by atoms with Crippen LogP contribution in [0.5, 0.6) is 0 Å². The van der Waals surface area contributed by atoms with Gasteiger partial charge in [-0.3, -0.25) is 9.59 Å². The van der Waals surface area contributed by atoms with Gasteiger partial charge in [-0.2, -0.15) is 0 Å². The van der Waals surface area contributed by atoms with E-state index in [0.717, 1.165) is 16.2 Å². The van der Waals surface area contributed by atoms with Gasteiger partial charge in [0.2, 0.25) is 0 Å². The molecule has 0 aromatic carbocycles. The first kappa shape index (κ1) is 20.5. The minimum absolute atomic E-state index is 0.176. The first-order valence-corrected chi connectivity index (χ1v) is 10.5. The summed E-state index contributed by atoms with van der Waals surface area (Å²) in [5.74, 6) is -0.545. The standard InChI is InChI=1S/C17H19NO5S3/c1-10-11(2)26-16(15(10)17(21)22-3)18-13(19)7-23-14(20)9-24-8-12-5-4-6-25-12/h4-6H,7-9H2,1-3H3,(H,18,19). The lowest BCUT2D eigenvalue weighted by Crippen LogP contribution is -2.22. The molecule has 0 radical (unpaired) electrons. The Labute approximate surface area is 163 Å². The molecule has 0 spiro atoms. The molecule has 9 heteroatoms. The van der Waals surface area contributed by atoms with Crippen molar-refractivity contribution in [2.45, 2.75) is 19.6 Å². The molecule has 0 atom stereocenters. The molecule has 0 unspecified atom stereocenters. The highest BCUT2D eigenvalue weighted by Gasteiger charge is 2.21. The fourth-order valence-corrected chi connectivity index (χ4v) is 4.77. The van der Waals surface area contributed by atoms with Crippen LogP contribution in [0, 0.1) is 13.8 Å². The summed E-state index contributed by atoms with van der Waals surface area (Å²) in [5.41, 5.74) is 1.10. The molecular weight excluding hydrogens is 394 g/mol. The minimum atomic E-state index is -0.510. The number of aryl methyl sites for hydroxylation is 1. The van der Waals surface area contributed by atoms with E-state index in [2.05, 4.69) is 5.32 Å². The number of hydrogen-bond acceptors (Lipinski definition) is 8. The van der Waals surface area contributed by atoms with Gasteiger partial charge < -0.3 is 14.8 Å². The molecule has 2 heterocycles. The Morgan fingerprint density at radius 3 is 2.69 bits per heavy atom. The number of ether oxygens (including phenoxy) is 2. The molecule has 26 heavy (non-hydrogen) atoms. The number of methoxy groups -OCH3 is 1. The van der Waals surface area contributed by atoms with Gasteiger partial charge in [0.05, 0.1) is 18.4 Å². The number of carbonyl (C=O) groups excluding carboxylic acids is 3. The van der Waals surface area contributed by atoms with Gasteiger partial charge in [0.25, 0.3) is 5.91 Å². The number of nitrogens with one attached hydrogen (secondary N) is 1. The maximum atomic E-state index is 12.0. The zero-order valence-electron chi connectivity index (χ0n) is 14.6. The summed E-state index contributed by atoms with van der Waals surface area (Å²) >= 11 is 4.35. The Morgan fingerprint density at radius 2 is 2.04 bits per heavy atom. The van der Waals surface area contributed by atoms with Gasteiger partial charge in [0.1, 0.15) is 5.00 Å². The normalized spacial score (nSPS) is 10.4. The van der Waals surface area contributed by atoms with Crippen LogP contribution in [0.15, 0.2) is 17.5 Å². The van der Waals surface area contributed by atoms with Gasteiger partial charge in [0.15, 0.2) is 6.61 Å². The Bertz CT molecular complexity index is 783. The van der Waals surface area contributed by atoms with Gasteiger partial charge in [-0.25, -0.2) is 4.79 Å². The smallest absolute Gasteiger partial charge is 0.341 e. The molecule has 0 saturated heterocycles. The van der Waals surface area contributed by atoms with Crippen LogP contribution in [-0.4, -0.2) is 37.3 Å². The number of thiophene rings is 2. The Hall–Kier alpha value is -1.84. The number of rotatable bonds is 8. The van der Waals surface area contributed by atoms with Crippen molar-refractivity contribution < 1.29 is 23.9 Å². The summed E-state index contributed by atoms with van der Waals surface area (Å²) in [6, 6.07) is 3.96. The van der Waals surface area contributed by atoms with E-state index >= 15 is 0 Å². The molecule has 6 nitrogen and oxygen atoms in total. The van der Waals surface area contributed by atoms with Gasteiger partial charge in [-0.15, -0.1) is 34.4 Å². The summed E-state index contributed by atoms with van der Waals surface area (Å²) in [7, 11) is 1.29. The lowest BCUT2D eigenvalue weighted by Gasteiger charge is -2.07. The molecule has 0 saturated carbocycles. The summed E-state index contributed by atoms with van der Waals surface area (Å²) < 4.78 is 9.73. The average molecular weight is 414 g/mol. The van der Waals surface area contributed by atoms with Gasteiger partial charge in [-0.05, 0) is 30.9 Å². The van der Waals surface area contributed by atoms with E-state index in [0.29, 0.717) is 10.6 Å². The molecule has 1 N–H and O–H groups in total. The van der Waals surface area contributed by atoms with Gasteiger partial charge in [0, 0.05) is 15.5 Å². The predicted octanol–water partition coefficient (Wildman–Crippen LogP) is 3.63. The molecule has 2 aromatic heterocycles. The lowest BCUT2D eigenvalue weighted by molar-refractivity contribution is -0.144. The van der Waals surface area contributed by atoms with Crippen molar-refractivity contribution in [2.24, 2.45) is 0 Å². The van der Waals surface area contributed by atoms with E-state index in [1.54, 1.807) is 18.3 Å². The molecule has 0 fully saturated rings. The summed E-state index contributed by atoms with van der Waals surface area (Å²) in [5, 5.41) is 5.00. The molecule has 0 aliphatic heterocycles. The van der Waals surface area contributed by atoms with Crippen LogP contribution in [0.25, 0.3) is 0 Å². The Morgan fingerprint density at radius 1 is 1.27 bits per heavy atom. The fraction of sp³-hybridized carbons (Fsp3) is 0.353. The molecule has 2 rings (SSSR count). The van der Waals surface area contributed by atoms with E-state index < -0.39 is 24.5 Å². The van der Waals surface area contributed by atoms with Crippen molar-refractivity contribution in [2.75, 3.05) is 24.8 Å². The van der Waals surface area contributed by atoms with E-state index in [-0.39, 0.29) is 5.75 Å². The zero-order chi connectivity index (χ0) is 19.1. The van der Waals surface area contributed by atoms with Crippen molar-refractivity contribution in [3.8, 4) is 0 Å². The third-order valence-corrected chi connectivity index (χ3v) is 6.57. The second kappa shape index (κ2) is 9.75. The van der Waals surface area contributed by atoms with Crippen LogP contribution in [0.1, 0.15) is 25.7 Å². The maximum Gasteiger partial charge on any atom is 0.341 e. The van der Waals surface area contributed by atoms with Crippen molar-refractivity contribution in [3.63, 3.8) is 0 Å². The number of thioether (sulfide) groups is 1. The number of amides is 1. The van der Waals surface area contributed by atoms with Crippen LogP contribution in [0.2, 0.25) is 0 Å². The summed E-state index contributed by atoms with van der Waals surface area (Å²) in [6.45, 7) is 3.25. The number of esters is 2. The molecule has 140 valence electrons. The fourth-order valence-electron chi connectivity index (χ4n) is 2.04. The highest BCUT2D eigenvalue weighted by molar-refractivity contribution is 7.99. The van der Waals surface area contributed by atoms with Crippen LogP contribution < -0.4 is 5.32 Å². The molecule has 0 aliphatic carbocycles. The van der Waals surface area contributed by atoms with Gasteiger partial charge >= 0.3 is 11.9 Å². The van der Waals surface area contributed by atoms with Crippen molar-refractivity contribution in [3.05, 3.63) is 38.4 Å². The number of carbonyl (C=O) groups is 3. The number of anilines is 1. The first-order chi connectivity index (χ1) is 12.4. The number of hydrogen-bond donors (Lipinski definition) is 1. The van der Waals surface area contributed by atoms with Crippen LogP contribution in [-0.2, 0) is 24.8 Å². The van der Waals surface area contributed by atoms with Crippen molar-refractivity contribution in [1.29, 1.82) is 0 Å². The summed E-state index contributed by atoms with van der Waals surface area (Å²) in [6.07, 6.45) is 0. The largest absolute Gasteiger partial charge is 0.465 e. The predicted molar refractivity (Wildman–Crippen MR) is 105 cm³/mol. The van der Waals surface area contributed by atoms with Crippen LogP contribution >= 0.6 is 34.4 Å². The maximum absolute atomic E-state index is 12.0. The second-order valence-electron chi connectivity index (χ2n) is 5.26. The van der Waals surface area contributed by atoms with E-state index in [9.17, 15) is 14.4 Å². The SMILES string of the molecule is COC(=O)c1c(NC(=O)COC(=O)CSCc2cccs2)sc(C)c1C. The molecule has 0 bridgehead atoms. The van der Waals surface area contributed by atoms with Crippen LogP contribution in [0.4, 0.5) is 5.00 Å². The average Bonchev–Trinajstić information content (AvgIpc) is 3.21. The van der Waals surface area contributed by atoms with E-state index in [4.69, 9.17) is 9.47 Å². The monoisotopic (exact) mass is 413 g/mol. The summed E-state index contributed by atoms with van der Waals surface area (Å²) in [4.78, 5) is 37.7. The quantitative estimate of drug-likeness (QED) is 0.666. The van der Waals surface area contributed by atoms with Crippen LogP contribution in [0.3, 0.4) is 0 Å². The first-order valence-electron chi connectivity index (χ1n) is 7.66. The Balaban J connectivity index is 1.80. The Kier molecular flexibility index (Phi) is 7.67. The third kappa shape index (κ3) is 5.58. The molecule has 1 amide bonds. The molecule has 2 aromatic rings. The van der Waals surface area contributed by atoms with E-state index in [1.807, 2.05) is 24.4 Å². The van der Waals surface area contributed by atoms with Gasteiger partial charge in [-0.1, -0.05) is 6.07 Å². The topological polar surface area (TPSA) is 81.7 Å². The highest BCUT2D eigenvalue weighted by atomic mass is 32.2. The van der Waals surface area contributed by atoms with Crippen molar-refractivity contribution >= 4 is 57.3 Å². The third-order valence-electron chi connectivity index (χ3n) is 3.44.